The van der Waals surface area contributed by atoms with Crippen LogP contribution in [0.25, 0.3) is 0 Å². The van der Waals surface area contributed by atoms with Crippen molar-refractivity contribution in [2.45, 2.75) is 32.9 Å². The van der Waals surface area contributed by atoms with Gasteiger partial charge in [-0.05, 0) is 38.5 Å². The van der Waals surface area contributed by atoms with Gasteiger partial charge in [0.15, 0.2) is 0 Å². The molecular formula is C14H19FN2O2. The fourth-order valence-corrected chi connectivity index (χ4v) is 2.38. The van der Waals surface area contributed by atoms with Crippen LogP contribution < -0.4 is 10.2 Å². The lowest BCUT2D eigenvalue weighted by atomic mass is 10.0. The van der Waals surface area contributed by atoms with E-state index in [1.54, 1.807) is 26.8 Å². The molecule has 0 aliphatic carbocycles. The molecule has 5 heteroatoms. The summed E-state index contributed by atoms with van der Waals surface area (Å²) < 4.78 is 13.7. The smallest absolute Gasteiger partial charge is 0.242 e. The number of aliphatic hydroxyl groups is 1. The first-order valence-electron chi connectivity index (χ1n) is 6.44. The van der Waals surface area contributed by atoms with Gasteiger partial charge in [-0.25, -0.2) is 4.39 Å². The molecule has 0 aromatic heterocycles. The number of piperazine rings is 1. The minimum atomic E-state index is -0.776. The Balaban J connectivity index is 2.48. The highest BCUT2D eigenvalue weighted by atomic mass is 19.1. The Morgan fingerprint density at radius 3 is 2.84 bits per heavy atom. The molecule has 0 spiro atoms. The molecule has 1 aliphatic rings. The van der Waals surface area contributed by atoms with Crippen molar-refractivity contribution in [2.24, 2.45) is 0 Å². The largest absolute Gasteiger partial charge is 0.389 e. The maximum atomic E-state index is 13.7. The Kier molecular flexibility index (Phi) is 3.75. The summed E-state index contributed by atoms with van der Waals surface area (Å²) in [6, 6.07) is 2.73. The zero-order valence-corrected chi connectivity index (χ0v) is 11.4. The summed E-state index contributed by atoms with van der Waals surface area (Å²) in [6.45, 7) is 6.29. The van der Waals surface area contributed by atoms with Crippen LogP contribution in [0.1, 0.15) is 31.1 Å². The third-order valence-electron chi connectivity index (χ3n) is 3.57. The van der Waals surface area contributed by atoms with Gasteiger partial charge in [-0.15, -0.1) is 0 Å². The number of aryl methyl sites for hydroxylation is 1. The second kappa shape index (κ2) is 5.17. The molecule has 1 aromatic carbocycles. The van der Waals surface area contributed by atoms with E-state index in [1.165, 1.54) is 6.07 Å². The summed E-state index contributed by atoms with van der Waals surface area (Å²) in [5.74, 6) is -0.390. The van der Waals surface area contributed by atoms with E-state index >= 15 is 0 Å². The van der Waals surface area contributed by atoms with Crippen molar-refractivity contribution >= 4 is 11.6 Å². The molecule has 2 atom stereocenters. The SMILES string of the molecule is Cc1cc(N2CCNC(=O)C2C)c([C@@H](C)O)cc1F. The van der Waals surface area contributed by atoms with Crippen molar-refractivity contribution in [3.8, 4) is 0 Å². The van der Waals surface area contributed by atoms with E-state index in [0.717, 1.165) is 5.69 Å². The minimum Gasteiger partial charge on any atom is -0.389 e. The number of anilines is 1. The standard InChI is InChI=1S/C14H19FN2O2/c1-8-6-13(11(10(3)18)7-12(8)15)17-5-4-16-14(19)9(17)2/h6-7,9-10,18H,4-5H2,1-3H3,(H,16,19)/t9?,10-/m1/s1. The molecule has 1 unspecified atom stereocenters. The van der Waals surface area contributed by atoms with Gasteiger partial charge >= 0.3 is 0 Å². The first-order valence-corrected chi connectivity index (χ1v) is 6.44. The van der Waals surface area contributed by atoms with E-state index in [-0.39, 0.29) is 17.8 Å². The van der Waals surface area contributed by atoms with Crippen LogP contribution >= 0.6 is 0 Å². The number of nitrogens with zero attached hydrogens (tertiary/aromatic N) is 1. The average molecular weight is 266 g/mol. The molecule has 1 aliphatic heterocycles. The number of hydrogen-bond acceptors (Lipinski definition) is 3. The van der Waals surface area contributed by atoms with Gasteiger partial charge in [0.1, 0.15) is 11.9 Å². The maximum Gasteiger partial charge on any atom is 0.242 e. The summed E-state index contributed by atoms with van der Waals surface area (Å²) in [4.78, 5) is 13.6. The van der Waals surface area contributed by atoms with Crippen LogP contribution in [0.3, 0.4) is 0 Å². The Labute approximate surface area is 112 Å². The molecule has 4 nitrogen and oxygen atoms in total. The van der Waals surface area contributed by atoms with Crippen LogP contribution in [0.4, 0.5) is 10.1 Å². The number of rotatable bonds is 2. The number of halogens is 1. The molecule has 1 fully saturated rings. The Morgan fingerprint density at radius 1 is 1.53 bits per heavy atom. The molecule has 19 heavy (non-hydrogen) atoms. The molecule has 1 heterocycles. The summed E-state index contributed by atoms with van der Waals surface area (Å²) in [5.41, 5.74) is 1.76. The van der Waals surface area contributed by atoms with Gasteiger partial charge in [-0.1, -0.05) is 0 Å². The maximum absolute atomic E-state index is 13.7. The van der Waals surface area contributed by atoms with Gasteiger partial charge in [-0.2, -0.15) is 0 Å². The first kappa shape index (κ1) is 13.8. The van der Waals surface area contributed by atoms with Crippen molar-refractivity contribution < 1.29 is 14.3 Å². The molecule has 2 rings (SSSR count). The fraction of sp³-hybridized carbons (Fsp3) is 0.500. The van der Waals surface area contributed by atoms with Crippen molar-refractivity contribution in [1.82, 2.24) is 5.32 Å². The van der Waals surface area contributed by atoms with Crippen molar-refractivity contribution in [3.63, 3.8) is 0 Å². The van der Waals surface area contributed by atoms with Gasteiger partial charge in [-0.3, -0.25) is 4.79 Å². The van der Waals surface area contributed by atoms with Gasteiger partial charge in [0.25, 0.3) is 0 Å². The van der Waals surface area contributed by atoms with Crippen LogP contribution in [0.15, 0.2) is 12.1 Å². The van der Waals surface area contributed by atoms with Crippen LogP contribution in [-0.2, 0) is 4.79 Å². The van der Waals surface area contributed by atoms with Crippen LogP contribution in [0.5, 0.6) is 0 Å². The van der Waals surface area contributed by atoms with Crippen molar-refractivity contribution in [3.05, 3.63) is 29.1 Å². The third kappa shape index (κ3) is 2.56. The zero-order valence-electron chi connectivity index (χ0n) is 11.4. The number of carbonyl (C=O) groups is 1. The summed E-state index contributed by atoms with van der Waals surface area (Å²) in [5, 5.41) is 12.6. The highest BCUT2D eigenvalue weighted by Crippen LogP contribution is 2.31. The van der Waals surface area contributed by atoms with E-state index in [1.807, 2.05) is 4.90 Å². The minimum absolute atomic E-state index is 0.0511. The molecule has 104 valence electrons. The number of hydrogen-bond donors (Lipinski definition) is 2. The van der Waals surface area contributed by atoms with E-state index in [0.29, 0.717) is 24.2 Å². The molecule has 1 aromatic rings. The normalized spacial score (nSPS) is 21.2. The van der Waals surface area contributed by atoms with Gasteiger partial charge in [0, 0.05) is 24.3 Å². The molecule has 0 saturated carbocycles. The topological polar surface area (TPSA) is 52.6 Å². The second-order valence-electron chi connectivity index (χ2n) is 5.00. The van der Waals surface area contributed by atoms with Gasteiger partial charge < -0.3 is 15.3 Å². The summed E-state index contributed by atoms with van der Waals surface area (Å²) in [6.07, 6.45) is -0.776. The monoisotopic (exact) mass is 266 g/mol. The number of carbonyl (C=O) groups excluding carboxylic acids is 1. The Bertz CT molecular complexity index is 502. The molecule has 0 radical (unpaired) electrons. The zero-order chi connectivity index (χ0) is 14.2. The average Bonchev–Trinajstić information content (AvgIpc) is 2.35. The number of benzene rings is 1. The van der Waals surface area contributed by atoms with E-state index in [2.05, 4.69) is 5.32 Å². The number of aliphatic hydroxyl groups excluding tert-OH is 1. The quantitative estimate of drug-likeness (QED) is 0.853. The number of nitrogens with one attached hydrogen (secondary N) is 1. The third-order valence-corrected chi connectivity index (χ3v) is 3.57. The van der Waals surface area contributed by atoms with Crippen molar-refractivity contribution in [1.29, 1.82) is 0 Å². The summed E-state index contributed by atoms with van der Waals surface area (Å²) in [7, 11) is 0. The second-order valence-corrected chi connectivity index (χ2v) is 5.00. The molecule has 2 N–H and O–H groups in total. The van der Waals surface area contributed by atoms with Crippen molar-refractivity contribution in [2.75, 3.05) is 18.0 Å². The highest BCUT2D eigenvalue weighted by molar-refractivity contribution is 5.86. The van der Waals surface area contributed by atoms with E-state index in [4.69, 9.17) is 0 Å². The predicted octanol–water partition coefficient (Wildman–Crippen LogP) is 1.51. The number of amides is 1. The Morgan fingerprint density at radius 2 is 2.21 bits per heavy atom. The predicted molar refractivity (Wildman–Crippen MR) is 71.6 cm³/mol. The first-order chi connectivity index (χ1) is 8.91. The highest BCUT2D eigenvalue weighted by Gasteiger charge is 2.28. The van der Waals surface area contributed by atoms with E-state index in [9.17, 15) is 14.3 Å². The fourth-order valence-electron chi connectivity index (χ4n) is 2.38. The summed E-state index contributed by atoms with van der Waals surface area (Å²) >= 11 is 0. The lowest BCUT2D eigenvalue weighted by Gasteiger charge is -2.36. The van der Waals surface area contributed by atoms with E-state index < -0.39 is 6.10 Å². The van der Waals surface area contributed by atoms with Crippen LogP contribution in [0, 0.1) is 12.7 Å². The van der Waals surface area contributed by atoms with Crippen LogP contribution in [0.2, 0.25) is 0 Å². The lowest BCUT2D eigenvalue weighted by molar-refractivity contribution is -0.122. The Hall–Kier alpha value is -1.62. The van der Waals surface area contributed by atoms with Crippen LogP contribution in [-0.4, -0.2) is 30.1 Å². The molecule has 1 saturated heterocycles. The molecular weight excluding hydrogens is 247 g/mol. The lowest BCUT2D eigenvalue weighted by Crippen LogP contribution is -2.54. The molecule has 1 amide bonds. The molecule has 0 bridgehead atoms. The van der Waals surface area contributed by atoms with Gasteiger partial charge in [0.2, 0.25) is 5.91 Å². The van der Waals surface area contributed by atoms with Gasteiger partial charge in [0.05, 0.1) is 6.10 Å².